The first-order chi connectivity index (χ1) is 10.6. The lowest BCUT2D eigenvalue weighted by atomic mass is 10.2. The number of rotatable bonds is 5. The molecule has 1 aliphatic rings. The van der Waals surface area contributed by atoms with E-state index in [2.05, 4.69) is 4.90 Å². The average Bonchev–Trinajstić information content (AvgIpc) is 2.55. The van der Waals surface area contributed by atoms with Crippen LogP contribution in [0.2, 0.25) is 0 Å². The van der Waals surface area contributed by atoms with Crippen molar-refractivity contribution < 1.29 is 19.1 Å². The van der Waals surface area contributed by atoms with Crippen LogP contribution in [0, 0.1) is 0 Å². The van der Waals surface area contributed by atoms with Gasteiger partial charge in [-0.1, -0.05) is 30.3 Å². The van der Waals surface area contributed by atoms with Gasteiger partial charge >= 0.3 is 11.9 Å². The second-order valence-electron chi connectivity index (χ2n) is 5.36. The van der Waals surface area contributed by atoms with Crippen molar-refractivity contribution in [1.82, 2.24) is 9.80 Å². The number of piperazine rings is 1. The van der Waals surface area contributed by atoms with Gasteiger partial charge in [0.1, 0.15) is 6.61 Å². The number of carbonyl (C=O) groups is 2. The third-order valence-corrected chi connectivity index (χ3v) is 3.77. The molecular formula is C16H22N2O4. The molecule has 1 saturated heterocycles. The second kappa shape index (κ2) is 7.91. The van der Waals surface area contributed by atoms with Crippen molar-refractivity contribution in [3.63, 3.8) is 0 Å². The second-order valence-corrected chi connectivity index (χ2v) is 5.36. The van der Waals surface area contributed by atoms with Crippen LogP contribution in [0.4, 0.5) is 0 Å². The van der Waals surface area contributed by atoms with E-state index >= 15 is 0 Å². The zero-order valence-corrected chi connectivity index (χ0v) is 13.0. The van der Waals surface area contributed by atoms with Crippen LogP contribution in [0.5, 0.6) is 0 Å². The summed E-state index contributed by atoms with van der Waals surface area (Å²) in [5.74, 6) is -1.12. The first kappa shape index (κ1) is 16.5. The van der Waals surface area contributed by atoms with Gasteiger partial charge in [0, 0.05) is 26.2 Å². The predicted octanol–water partition coefficient (Wildman–Crippen LogP) is 0.519. The van der Waals surface area contributed by atoms with Crippen LogP contribution in [0.1, 0.15) is 5.56 Å². The monoisotopic (exact) mass is 306 g/mol. The van der Waals surface area contributed by atoms with Gasteiger partial charge in [-0.15, -0.1) is 0 Å². The minimum absolute atomic E-state index is 0.154. The average molecular weight is 306 g/mol. The summed E-state index contributed by atoms with van der Waals surface area (Å²) in [4.78, 5) is 28.3. The Bertz CT molecular complexity index is 498. The molecule has 0 spiro atoms. The quantitative estimate of drug-likeness (QED) is 0.584. The Kier molecular flexibility index (Phi) is 5.91. The van der Waals surface area contributed by atoms with Crippen molar-refractivity contribution in [2.75, 3.05) is 40.3 Å². The van der Waals surface area contributed by atoms with E-state index in [9.17, 15) is 9.59 Å². The molecule has 22 heavy (non-hydrogen) atoms. The van der Waals surface area contributed by atoms with Gasteiger partial charge in [-0.05, 0) is 12.6 Å². The predicted molar refractivity (Wildman–Crippen MR) is 81.1 cm³/mol. The molecule has 1 heterocycles. The smallest absolute Gasteiger partial charge is 0.335 e. The van der Waals surface area contributed by atoms with Gasteiger partial charge in [0.25, 0.3) is 0 Å². The molecule has 0 bridgehead atoms. The summed E-state index contributed by atoms with van der Waals surface area (Å²) < 4.78 is 10.1. The van der Waals surface area contributed by atoms with Crippen molar-refractivity contribution in [3.8, 4) is 0 Å². The Morgan fingerprint density at radius 3 is 2.32 bits per heavy atom. The van der Waals surface area contributed by atoms with Crippen LogP contribution in [-0.4, -0.2) is 68.1 Å². The Morgan fingerprint density at radius 1 is 1.09 bits per heavy atom. The lowest BCUT2D eigenvalue weighted by Crippen LogP contribution is -2.55. The maximum absolute atomic E-state index is 12.3. The van der Waals surface area contributed by atoms with Crippen molar-refractivity contribution >= 4 is 11.9 Å². The summed E-state index contributed by atoms with van der Waals surface area (Å²) in [6.45, 7) is 3.03. The van der Waals surface area contributed by atoms with E-state index in [-0.39, 0.29) is 6.61 Å². The molecule has 1 fully saturated rings. The minimum atomic E-state index is -0.984. The Morgan fingerprint density at radius 2 is 1.73 bits per heavy atom. The van der Waals surface area contributed by atoms with Crippen LogP contribution in [0.15, 0.2) is 30.3 Å². The van der Waals surface area contributed by atoms with Crippen molar-refractivity contribution in [2.45, 2.75) is 12.6 Å². The first-order valence-electron chi connectivity index (χ1n) is 7.33. The molecule has 1 atom stereocenters. The SMILES string of the molecule is COC(=O)C(C(=O)OCc1ccccc1)N1CCN(C)CC1. The molecule has 0 aromatic heterocycles. The van der Waals surface area contributed by atoms with Crippen molar-refractivity contribution in [1.29, 1.82) is 0 Å². The van der Waals surface area contributed by atoms with Gasteiger partial charge in [-0.3, -0.25) is 4.90 Å². The number of benzene rings is 1. The first-order valence-corrected chi connectivity index (χ1v) is 7.33. The molecule has 2 rings (SSSR count). The molecule has 0 saturated carbocycles. The molecule has 6 heteroatoms. The van der Waals surface area contributed by atoms with E-state index in [0.717, 1.165) is 18.7 Å². The van der Waals surface area contributed by atoms with Gasteiger partial charge in [0.2, 0.25) is 6.04 Å². The molecule has 0 aliphatic carbocycles. The summed E-state index contributed by atoms with van der Waals surface area (Å²) in [6.07, 6.45) is 0. The van der Waals surface area contributed by atoms with Crippen LogP contribution in [0.3, 0.4) is 0 Å². The summed E-state index contributed by atoms with van der Waals surface area (Å²) in [7, 11) is 3.30. The summed E-state index contributed by atoms with van der Waals surface area (Å²) in [6, 6.07) is 8.41. The summed E-state index contributed by atoms with van der Waals surface area (Å²) in [5.41, 5.74) is 0.887. The highest BCUT2D eigenvalue weighted by Gasteiger charge is 2.36. The maximum Gasteiger partial charge on any atom is 0.335 e. The number of esters is 2. The van der Waals surface area contributed by atoms with E-state index in [4.69, 9.17) is 9.47 Å². The number of nitrogens with zero attached hydrogens (tertiary/aromatic N) is 2. The number of hydrogen-bond donors (Lipinski definition) is 0. The van der Waals surface area contributed by atoms with Crippen molar-refractivity contribution in [3.05, 3.63) is 35.9 Å². The third kappa shape index (κ3) is 4.29. The standard InChI is InChI=1S/C16H22N2O4/c1-17-8-10-18(11-9-17)14(15(19)21-2)16(20)22-12-13-6-4-3-5-7-13/h3-7,14H,8-12H2,1-2H3. The number of likely N-dealkylation sites (N-methyl/N-ethyl adjacent to an activating group) is 1. The van der Waals surface area contributed by atoms with Gasteiger partial charge in [0.15, 0.2) is 0 Å². The highest BCUT2D eigenvalue weighted by atomic mass is 16.6. The largest absolute Gasteiger partial charge is 0.467 e. The van der Waals surface area contributed by atoms with E-state index in [0.29, 0.717) is 13.1 Å². The van der Waals surface area contributed by atoms with E-state index in [1.165, 1.54) is 7.11 Å². The molecule has 1 aliphatic heterocycles. The summed E-state index contributed by atoms with van der Waals surface area (Å²) >= 11 is 0. The van der Waals surface area contributed by atoms with E-state index in [1.807, 2.05) is 42.3 Å². The topological polar surface area (TPSA) is 59.1 Å². The Labute approximate surface area is 130 Å². The number of ether oxygens (including phenoxy) is 2. The van der Waals surface area contributed by atoms with Gasteiger partial charge < -0.3 is 14.4 Å². The molecule has 1 unspecified atom stereocenters. The molecule has 0 amide bonds. The molecule has 6 nitrogen and oxygen atoms in total. The molecular weight excluding hydrogens is 284 g/mol. The lowest BCUT2D eigenvalue weighted by molar-refractivity contribution is -0.164. The van der Waals surface area contributed by atoms with Crippen LogP contribution in [-0.2, 0) is 25.7 Å². The molecule has 0 N–H and O–H groups in total. The van der Waals surface area contributed by atoms with Gasteiger partial charge in [-0.25, -0.2) is 9.59 Å². The van der Waals surface area contributed by atoms with Gasteiger partial charge in [-0.2, -0.15) is 0 Å². The molecule has 1 aromatic rings. The highest BCUT2D eigenvalue weighted by Crippen LogP contribution is 2.10. The van der Waals surface area contributed by atoms with Gasteiger partial charge in [0.05, 0.1) is 7.11 Å². The summed E-state index contributed by atoms with van der Waals surface area (Å²) in [5, 5.41) is 0. The van der Waals surface area contributed by atoms with E-state index in [1.54, 1.807) is 0 Å². The molecule has 120 valence electrons. The van der Waals surface area contributed by atoms with Crippen LogP contribution >= 0.6 is 0 Å². The number of methoxy groups -OCH3 is 1. The number of hydrogen-bond acceptors (Lipinski definition) is 6. The fraction of sp³-hybridized carbons (Fsp3) is 0.500. The fourth-order valence-corrected chi connectivity index (χ4v) is 2.39. The third-order valence-electron chi connectivity index (χ3n) is 3.77. The maximum atomic E-state index is 12.3. The Balaban J connectivity index is 1.98. The lowest BCUT2D eigenvalue weighted by Gasteiger charge is -2.35. The van der Waals surface area contributed by atoms with Crippen LogP contribution < -0.4 is 0 Å². The highest BCUT2D eigenvalue weighted by molar-refractivity contribution is 5.99. The van der Waals surface area contributed by atoms with E-state index < -0.39 is 18.0 Å². The molecule has 1 aromatic carbocycles. The zero-order valence-electron chi connectivity index (χ0n) is 13.0. The Hall–Kier alpha value is -1.92. The van der Waals surface area contributed by atoms with Crippen LogP contribution in [0.25, 0.3) is 0 Å². The fourth-order valence-electron chi connectivity index (χ4n) is 2.39. The minimum Gasteiger partial charge on any atom is -0.467 e. The normalized spacial score (nSPS) is 17.7. The number of carbonyl (C=O) groups excluding carboxylic acids is 2. The zero-order chi connectivity index (χ0) is 15.9. The molecule has 0 radical (unpaired) electrons. The van der Waals surface area contributed by atoms with Crippen molar-refractivity contribution in [2.24, 2.45) is 0 Å².